The van der Waals surface area contributed by atoms with Crippen LogP contribution in [-0.4, -0.2) is 19.8 Å². The van der Waals surface area contributed by atoms with Crippen molar-refractivity contribution in [2.45, 2.75) is 27.3 Å². The fourth-order valence-corrected chi connectivity index (χ4v) is 1.46. The molecule has 1 aromatic rings. The van der Waals surface area contributed by atoms with Gasteiger partial charge in [-0.2, -0.15) is 0 Å². The molecule has 0 bridgehead atoms. The van der Waals surface area contributed by atoms with E-state index in [-0.39, 0.29) is 0 Å². The van der Waals surface area contributed by atoms with Crippen LogP contribution in [-0.2, 0) is 11.3 Å². The summed E-state index contributed by atoms with van der Waals surface area (Å²) in [7, 11) is 0. The summed E-state index contributed by atoms with van der Waals surface area (Å²) in [4.78, 5) is 0. The maximum Gasteiger partial charge on any atom is 0.122 e. The van der Waals surface area contributed by atoms with E-state index in [1.54, 1.807) is 0 Å². The van der Waals surface area contributed by atoms with Gasteiger partial charge in [-0.15, -0.1) is 0 Å². The summed E-state index contributed by atoms with van der Waals surface area (Å²) in [6, 6.07) is 6.06. The van der Waals surface area contributed by atoms with Gasteiger partial charge in [-0.3, -0.25) is 0 Å². The topological polar surface area (TPSA) is 44.5 Å². The van der Waals surface area contributed by atoms with Gasteiger partial charge in [-0.1, -0.05) is 26.0 Å². The molecule has 0 saturated heterocycles. The predicted molar refractivity (Wildman–Crippen MR) is 70.2 cm³/mol. The molecule has 0 heterocycles. The van der Waals surface area contributed by atoms with E-state index in [2.05, 4.69) is 13.8 Å². The van der Waals surface area contributed by atoms with E-state index < -0.39 is 0 Å². The van der Waals surface area contributed by atoms with Crippen LogP contribution in [0.2, 0.25) is 0 Å². The van der Waals surface area contributed by atoms with Crippen molar-refractivity contribution in [2.75, 3.05) is 19.8 Å². The van der Waals surface area contributed by atoms with E-state index in [4.69, 9.17) is 15.2 Å². The van der Waals surface area contributed by atoms with Crippen LogP contribution in [0.5, 0.6) is 5.75 Å². The normalized spacial score (nSPS) is 10.9. The lowest BCUT2D eigenvalue weighted by Crippen LogP contribution is -2.11. The number of nitrogens with two attached hydrogens (primary N) is 1. The molecule has 0 spiro atoms. The minimum absolute atomic E-state index is 0.542. The molecule has 0 aliphatic heterocycles. The van der Waals surface area contributed by atoms with Crippen LogP contribution < -0.4 is 10.5 Å². The molecule has 3 heteroatoms. The molecule has 3 nitrogen and oxygen atoms in total. The highest BCUT2D eigenvalue weighted by Gasteiger charge is 2.01. The fourth-order valence-electron chi connectivity index (χ4n) is 1.46. The molecular weight excluding hydrogens is 214 g/mol. The maximum absolute atomic E-state index is 5.68. The molecule has 0 unspecified atom stereocenters. The van der Waals surface area contributed by atoms with Gasteiger partial charge in [0.2, 0.25) is 0 Å². The zero-order valence-corrected chi connectivity index (χ0v) is 11.0. The summed E-state index contributed by atoms with van der Waals surface area (Å²) < 4.78 is 11.1. The molecule has 0 amide bonds. The highest BCUT2D eigenvalue weighted by molar-refractivity contribution is 5.36. The highest BCUT2D eigenvalue weighted by atomic mass is 16.5. The summed E-state index contributed by atoms with van der Waals surface area (Å²) in [5.41, 5.74) is 7.82. The summed E-state index contributed by atoms with van der Waals surface area (Å²) >= 11 is 0. The van der Waals surface area contributed by atoms with Gasteiger partial charge < -0.3 is 15.2 Å². The molecule has 0 fully saturated rings. The SMILES string of the molecule is Cc1ccc(CN)cc1OCCOCC(C)C. The van der Waals surface area contributed by atoms with Gasteiger partial charge in [0.1, 0.15) is 12.4 Å². The van der Waals surface area contributed by atoms with Crippen molar-refractivity contribution in [3.8, 4) is 5.75 Å². The summed E-state index contributed by atoms with van der Waals surface area (Å²) in [6.45, 7) is 8.84. The molecule has 1 rings (SSSR count). The van der Waals surface area contributed by atoms with Gasteiger partial charge in [0.15, 0.2) is 0 Å². The van der Waals surface area contributed by atoms with Gasteiger partial charge in [0, 0.05) is 13.2 Å². The third-order valence-corrected chi connectivity index (χ3v) is 2.42. The first-order valence-electron chi connectivity index (χ1n) is 6.13. The second-order valence-corrected chi connectivity index (χ2v) is 4.62. The summed E-state index contributed by atoms with van der Waals surface area (Å²) in [5.74, 6) is 1.47. The maximum atomic E-state index is 5.68. The third-order valence-electron chi connectivity index (χ3n) is 2.42. The van der Waals surface area contributed by atoms with Crippen LogP contribution in [0.25, 0.3) is 0 Å². The van der Waals surface area contributed by atoms with Gasteiger partial charge in [0.05, 0.1) is 6.61 Å². The number of hydrogen-bond donors (Lipinski definition) is 1. The average molecular weight is 237 g/mol. The zero-order valence-electron chi connectivity index (χ0n) is 11.0. The van der Waals surface area contributed by atoms with E-state index in [1.165, 1.54) is 0 Å². The molecule has 1 aromatic carbocycles. The lowest BCUT2D eigenvalue weighted by molar-refractivity contribution is 0.0817. The lowest BCUT2D eigenvalue weighted by Gasteiger charge is -2.11. The highest BCUT2D eigenvalue weighted by Crippen LogP contribution is 2.19. The Bertz CT molecular complexity index is 337. The van der Waals surface area contributed by atoms with Crippen LogP contribution in [0.15, 0.2) is 18.2 Å². The first-order chi connectivity index (χ1) is 8.13. The molecule has 96 valence electrons. The smallest absolute Gasteiger partial charge is 0.122 e. The van der Waals surface area contributed by atoms with E-state index in [0.29, 0.717) is 25.7 Å². The largest absolute Gasteiger partial charge is 0.491 e. The standard InChI is InChI=1S/C14H23NO2/c1-11(2)10-16-6-7-17-14-8-13(9-15)5-4-12(14)3/h4-5,8,11H,6-7,9-10,15H2,1-3H3. The van der Waals surface area contributed by atoms with Crippen molar-refractivity contribution in [1.29, 1.82) is 0 Å². The molecule has 17 heavy (non-hydrogen) atoms. The van der Waals surface area contributed by atoms with Crippen LogP contribution in [0.4, 0.5) is 0 Å². The monoisotopic (exact) mass is 237 g/mol. The number of aryl methyl sites for hydroxylation is 1. The van der Waals surface area contributed by atoms with Gasteiger partial charge in [0.25, 0.3) is 0 Å². The number of ether oxygens (including phenoxy) is 2. The first-order valence-corrected chi connectivity index (χ1v) is 6.13. The molecule has 0 atom stereocenters. The van der Waals surface area contributed by atoms with Crippen molar-refractivity contribution < 1.29 is 9.47 Å². The van der Waals surface area contributed by atoms with E-state index in [0.717, 1.165) is 23.5 Å². The van der Waals surface area contributed by atoms with Gasteiger partial charge in [-0.25, -0.2) is 0 Å². The second-order valence-electron chi connectivity index (χ2n) is 4.62. The second kappa shape index (κ2) is 7.30. The van der Waals surface area contributed by atoms with Crippen LogP contribution in [0.1, 0.15) is 25.0 Å². The van der Waals surface area contributed by atoms with Crippen molar-refractivity contribution >= 4 is 0 Å². The third kappa shape index (κ3) is 5.20. The Morgan fingerprint density at radius 3 is 2.65 bits per heavy atom. The minimum Gasteiger partial charge on any atom is -0.491 e. The first kappa shape index (κ1) is 14.0. The molecular formula is C14H23NO2. The number of rotatable bonds is 7. The molecule has 0 radical (unpaired) electrons. The predicted octanol–water partition coefficient (Wildman–Crippen LogP) is 2.51. The zero-order chi connectivity index (χ0) is 12.7. The Kier molecular flexibility index (Phi) is 6.01. The Labute approximate surface area is 104 Å². The molecule has 0 aliphatic rings. The molecule has 0 aliphatic carbocycles. The van der Waals surface area contributed by atoms with Crippen molar-refractivity contribution in [3.05, 3.63) is 29.3 Å². The van der Waals surface area contributed by atoms with E-state index in [9.17, 15) is 0 Å². The van der Waals surface area contributed by atoms with Gasteiger partial charge >= 0.3 is 0 Å². The quantitative estimate of drug-likeness (QED) is 0.741. The van der Waals surface area contributed by atoms with Crippen molar-refractivity contribution in [3.63, 3.8) is 0 Å². The summed E-state index contributed by atoms with van der Waals surface area (Å²) in [6.07, 6.45) is 0. The van der Waals surface area contributed by atoms with Gasteiger partial charge in [-0.05, 0) is 30.0 Å². The van der Waals surface area contributed by atoms with Crippen LogP contribution in [0.3, 0.4) is 0 Å². The minimum atomic E-state index is 0.542. The van der Waals surface area contributed by atoms with Crippen LogP contribution in [0, 0.1) is 12.8 Å². The average Bonchev–Trinajstić information content (AvgIpc) is 2.30. The Balaban J connectivity index is 2.35. The number of hydrogen-bond acceptors (Lipinski definition) is 3. The summed E-state index contributed by atoms with van der Waals surface area (Å²) in [5, 5.41) is 0. The molecule has 0 aromatic heterocycles. The number of benzene rings is 1. The van der Waals surface area contributed by atoms with E-state index in [1.807, 2.05) is 25.1 Å². The van der Waals surface area contributed by atoms with Crippen molar-refractivity contribution in [1.82, 2.24) is 0 Å². The molecule has 0 saturated carbocycles. The molecule has 2 N–H and O–H groups in total. The Morgan fingerprint density at radius 1 is 1.24 bits per heavy atom. The fraction of sp³-hybridized carbons (Fsp3) is 0.571. The Hall–Kier alpha value is -1.06. The van der Waals surface area contributed by atoms with E-state index >= 15 is 0 Å². The Morgan fingerprint density at radius 2 is 2.00 bits per heavy atom. The van der Waals surface area contributed by atoms with Crippen LogP contribution >= 0.6 is 0 Å². The lowest BCUT2D eigenvalue weighted by atomic mass is 10.1. The van der Waals surface area contributed by atoms with Crippen molar-refractivity contribution in [2.24, 2.45) is 11.7 Å².